The lowest BCUT2D eigenvalue weighted by Crippen LogP contribution is -2.14. The Morgan fingerprint density at radius 1 is 0.232 bits per heavy atom. The zero-order valence-electron chi connectivity index (χ0n) is 37.8. The summed E-state index contributed by atoms with van der Waals surface area (Å²) in [6.45, 7) is 0. The van der Waals surface area contributed by atoms with Gasteiger partial charge in [-0.15, -0.1) is 0 Å². The monoisotopic (exact) mass is 879 g/mol. The molecule has 69 heavy (non-hydrogen) atoms. The Kier molecular flexibility index (Phi) is 9.84. The minimum atomic E-state index is 1.07. The first-order chi connectivity index (χ1) is 34.2. The van der Waals surface area contributed by atoms with Crippen molar-refractivity contribution in [1.29, 1.82) is 0 Å². The second kappa shape index (κ2) is 16.9. The van der Waals surface area contributed by atoms with Crippen LogP contribution in [0, 0.1) is 0 Å². The van der Waals surface area contributed by atoms with Crippen LogP contribution in [-0.4, -0.2) is 4.57 Å². The normalized spacial score (nSPS) is 11.5. The van der Waals surface area contributed by atoms with E-state index in [2.05, 4.69) is 287 Å². The summed E-state index contributed by atoms with van der Waals surface area (Å²) in [7, 11) is 0. The minimum Gasteiger partial charge on any atom is -0.309 e. The molecular weight excluding hydrogens is 835 g/mol. The molecule has 3 heteroatoms. The molecular formula is C66H45N3. The SMILES string of the molecule is c1ccc(-c2ccc3c(N(c4ccccc4)c4ccc5c(c4)c4ccccc4n5-c4ccccc4)c4cc(-c5ccccc5)ccc4c(N(c4ccccc4)c4ccc5ccccc5c4)c3c2)cc1. The van der Waals surface area contributed by atoms with Crippen LogP contribution in [0.3, 0.4) is 0 Å². The maximum Gasteiger partial charge on any atom is 0.0620 e. The van der Waals surface area contributed by atoms with Crippen molar-refractivity contribution in [3.8, 4) is 27.9 Å². The molecule has 0 atom stereocenters. The lowest BCUT2D eigenvalue weighted by Gasteiger charge is -2.33. The van der Waals surface area contributed by atoms with Crippen LogP contribution in [-0.2, 0) is 0 Å². The van der Waals surface area contributed by atoms with Crippen LogP contribution < -0.4 is 9.80 Å². The van der Waals surface area contributed by atoms with Crippen LogP contribution in [0.4, 0.5) is 34.1 Å². The third-order valence-electron chi connectivity index (χ3n) is 13.7. The summed E-state index contributed by atoms with van der Waals surface area (Å²) in [4.78, 5) is 4.98. The second-order valence-corrected chi connectivity index (χ2v) is 17.7. The second-order valence-electron chi connectivity index (χ2n) is 17.7. The van der Waals surface area contributed by atoms with Crippen LogP contribution in [0.1, 0.15) is 0 Å². The lowest BCUT2D eigenvalue weighted by molar-refractivity contribution is 1.18. The molecule has 0 saturated heterocycles. The summed E-state index contributed by atoms with van der Waals surface area (Å²) >= 11 is 0. The molecule has 3 nitrogen and oxygen atoms in total. The van der Waals surface area contributed by atoms with Gasteiger partial charge in [-0.3, -0.25) is 0 Å². The van der Waals surface area contributed by atoms with E-state index in [1.54, 1.807) is 0 Å². The van der Waals surface area contributed by atoms with Gasteiger partial charge in [0, 0.05) is 60.8 Å². The number of nitrogens with zero attached hydrogens (tertiary/aromatic N) is 3. The van der Waals surface area contributed by atoms with Gasteiger partial charge in [0.25, 0.3) is 0 Å². The van der Waals surface area contributed by atoms with Gasteiger partial charge in [-0.05, 0) is 118 Å². The number of hydrogen-bond donors (Lipinski definition) is 0. The highest BCUT2D eigenvalue weighted by atomic mass is 15.2. The van der Waals surface area contributed by atoms with E-state index in [1.165, 1.54) is 38.2 Å². The highest BCUT2D eigenvalue weighted by Gasteiger charge is 2.27. The zero-order valence-corrected chi connectivity index (χ0v) is 37.8. The quantitative estimate of drug-likeness (QED) is 0.106. The van der Waals surface area contributed by atoms with Gasteiger partial charge in [0.2, 0.25) is 0 Å². The molecule has 0 amide bonds. The van der Waals surface area contributed by atoms with Crippen molar-refractivity contribution in [1.82, 2.24) is 4.57 Å². The molecule has 1 aromatic heterocycles. The first-order valence-corrected chi connectivity index (χ1v) is 23.7. The van der Waals surface area contributed by atoms with Crippen LogP contribution >= 0.6 is 0 Å². The van der Waals surface area contributed by atoms with Crippen molar-refractivity contribution in [3.63, 3.8) is 0 Å². The van der Waals surface area contributed by atoms with E-state index in [-0.39, 0.29) is 0 Å². The predicted molar refractivity (Wildman–Crippen MR) is 294 cm³/mol. The summed E-state index contributed by atoms with van der Waals surface area (Å²) in [6.07, 6.45) is 0. The number of para-hydroxylation sites is 4. The molecule has 12 aromatic carbocycles. The largest absolute Gasteiger partial charge is 0.309 e. The van der Waals surface area contributed by atoms with Gasteiger partial charge in [0.1, 0.15) is 0 Å². The van der Waals surface area contributed by atoms with E-state index in [4.69, 9.17) is 0 Å². The van der Waals surface area contributed by atoms with Crippen molar-refractivity contribution >= 4 is 88.2 Å². The molecule has 0 aliphatic rings. The molecule has 0 radical (unpaired) electrons. The number of hydrogen-bond acceptors (Lipinski definition) is 2. The Morgan fingerprint density at radius 2 is 0.681 bits per heavy atom. The molecule has 0 fully saturated rings. The van der Waals surface area contributed by atoms with E-state index in [0.717, 1.165) is 78.0 Å². The van der Waals surface area contributed by atoms with Crippen molar-refractivity contribution in [3.05, 3.63) is 273 Å². The maximum absolute atomic E-state index is 2.50. The van der Waals surface area contributed by atoms with Crippen molar-refractivity contribution in [2.45, 2.75) is 0 Å². The van der Waals surface area contributed by atoms with E-state index in [9.17, 15) is 0 Å². The number of rotatable bonds is 9. The molecule has 0 bridgehead atoms. The smallest absolute Gasteiger partial charge is 0.0620 e. The third-order valence-corrected chi connectivity index (χ3v) is 13.7. The lowest BCUT2D eigenvalue weighted by atomic mass is 9.91. The number of anilines is 6. The van der Waals surface area contributed by atoms with Gasteiger partial charge in [-0.1, -0.05) is 188 Å². The first kappa shape index (κ1) is 40.1. The Morgan fingerprint density at radius 3 is 1.26 bits per heavy atom. The molecule has 13 aromatic rings. The molecule has 0 aliphatic heterocycles. The van der Waals surface area contributed by atoms with Crippen LogP contribution in [0.25, 0.3) is 82.1 Å². The van der Waals surface area contributed by atoms with Crippen molar-refractivity contribution in [2.75, 3.05) is 9.80 Å². The Balaban J connectivity index is 1.18. The van der Waals surface area contributed by atoms with E-state index < -0.39 is 0 Å². The van der Waals surface area contributed by atoms with Crippen LogP contribution in [0.2, 0.25) is 0 Å². The molecule has 0 N–H and O–H groups in total. The molecule has 0 spiro atoms. The average molecular weight is 880 g/mol. The summed E-state index contributed by atoms with van der Waals surface area (Å²) in [5.74, 6) is 0. The average Bonchev–Trinajstić information content (AvgIpc) is 3.76. The standard InChI is InChI=1S/C66H45N3/c1-6-20-46(21-7-1)50-36-40-59-61(43-50)65(67(52-26-10-3-11-27-52)55-37-34-48-24-16-17-25-49(48)42-55)58-39-35-51(47-22-8-2-9-23-47)44-62(58)66(59)68(53-28-12-4-13-29-53)56-38-41-64-60(45-56)57-32-18-19-33-63(57)69(64)54-30-14-5-15-31-54/h1-45H. The molecule has 0 saturated carbocycles. The predicted octanol–water partition coefficient (Wildman–Crippen LogP) is 18.5. The fourth-order valence-corrected chi connectivity index (χ4v) is 10.5. The fraction of sp³-hybridized carbons (Fsp3) is 0. The molecule has 0 aliphatic carbocycles. The summed E-state index contributed by atoms with van der Waals surface area (Å²) in [5, 5.41) is 9.37. The van der Waals surface area contributed by atoms with E-state index >= 15 is 0 Å². The summed E-state index contributed by atoms with van der Waals surface area (Å²) in [6, 6.07) is 99.6. The van der Waals surface area contributed by atoms with Crippen molar-refractivity contribution in [2.24, 2.45) is 0 Å². The Labute approximate surface area is 401 Å². The summed E-state index contributed by atoms with van der Waals surface area (Å²) < 4.78 is 2.39. The van der Waals surface area contributed by atoms with Gasteiger partial charge < -0.3 is 14.4 Å². The van der Waals surface area contributed by atoms with Gasteiger partial charge in [0.15, 0.2) is 0 Å². The molecule has 13 rings (SSSR count). The fourth-order valence-electron chi connectivity index (χ4n) is 10.5. The number of aromatic nitrogens is 1. The van der Waals surface area contributed by atoms with Crippen LogP contribution in [0.5, 0.6) is 0 Å². The first-order valence-electron chi connectivity index (χ1n) is 23.7. The number of benzene rings is 12. The van der Waals surface area contributed by atoms with Gasteiger partial charge in [0.05, 0.1) is 22.4 Å². The minimum absolute atomic E-state index is 1.07. The highest BCUT2D eigenvalue weighted by Crippen LogP contribution is 2.53. The van der Waals surface area contributed by atoms with Crippen molar-refractivity contribution < 1.29 is 0 Å². The number of fused-ring (bicyclic) bond motifs is 6. The van der Waals surface area contributed by atoms with Gasteiger partial charge in [-0.2, -0.15) is 0 Å². The van der Waals surface area contributed by atoms with Crippen LogP contribution in [0.15, 0.2) is 273 Å². The Hall–Kier alpha value is -9.18. The zero-order chi connectivity index (χ0) is 45.7. The van der Waals surface area contributed by atoms with Gasteiger partial charge >= 0.3 is 0 Å². The molecule has 0 unspecified atom stereocenters. The molecule has 1 heterocycles. The van der Waals surface area contributed by atoms with E-state index in [1.807, 2.05) is 0 Å². The highest BCUT2D eigenvalue weighted by molar-refractivity contribution is 6.25. The Bertz CT molecular complexity index is 4000. The van der Waals surface area contributed by atoms with E-state index in [0.29, 0.717) is 0 Å². The van der Waals surface area contributed by atoms with Gasteiger partial charge in [-0.25, -0.2) is 0 Å². The molecule has 324 valence electrons. The summed E-state index contributed by atoms with van der Waals surface area (Å²) in [5.41, 5.74) is 14.7. The topological polar surface area (TPSA) is 11.4 Å². The third kappa shape index (κ3) is 6.99. The maximum atomic E-state index is 2.50.